The van der Waals surface area contributed by atoms with Crippen LogP contribution in [0, 0.1) is 16.0 Å². The molecule has 12 nitrogen and oxygen atoms in total. The molecule has 2 aromatic heterocycles. The second kappa shape index (κ2) is 10.1. The minimum absolute atomic E-state index is 0.0203. The van der Waals surface area contributed by atoms with Crippen molar-refractivity contribution in [3.63, 3.8) is 0 Å². The van der Waals surface area contributed by atoms with Gasteiger partial charge in [0.2, 0.25) is 11.9 Å². The van der Waals surface area contributed by atoms with Crippen LogP contribution >= 0.6 is 0 Å². The normalized spacial score (nSPS) is 20.4. The SMILES string of the molecule is O=C(C1CCC(Nc2ncc3ncnc(Nc4cccc([N+](=O)[O-])c4)c3n2)CC1)N1CCOCC1. The molecule has 1 amide bonds. The third-order valence-corrected chi connectivity index (χ3v) is 6.43. The number of nitrogens with zero attached hydrogens (tertiary/aromatic N) is 6. The van der Waals surface area contributed by atoms with Crippen molar-refractivity contribution in [1.82, 2.24) is 24.8 Å². The topological polar surface area (TPSA) is 148 Å². The molecule has 2 fully saturated rings. The van der Waals surface area contributed by atoms with E-state index in [0.29, 0.717) is 54.8 Å². The maximum atomic E-state index is 12.8. The van der Waals surface area contributed by atoms with E-state index in [-0.39, 0.29) is 23.6 Å². The highest BCUT2D eigenvalue weighted by molar-refractivity contribution is 5.87. The molecule has 182 valence electrons. The molecule has 1 aliphatic heterocycles. The molecule has 0 radical (unpaired) electrons. The van der Waals surface area contributed by atoms with Crippen molar-refractivity contribution >= 4 is 40.1 Å². The van der Waals surface area contributed by atoms with Crippen LogP contribution in [0.3, 0.4) is 0 Å². The number of amides is 1. The summed E-state index contributed by atoms with van der Waals surface area (Å²) in [5.74, 6) is 1.18. The zero-order valence-electron chi connectivity index (χ0n) is 19.1. The Morgan fingerprint density at radius 1 is 1.11 bits per heavy atom. The number of hydrogen-bond acceptors (Lipinski definition) is 10. The van der Waals surface area contributed by atoms with Crippen LogP contribution in [0.15, 0.2) is 36.8 Å². The molecule has 2 aliphatic rings. The van der Waals surface area contributed by atoms with Crippen molar-refractivity contribution in [2.45, 2.75) is 31.7 Å². The van der Waals surface area contributed by atoms with Crippen LogP contribution in [-0.4, -0.2) is 68.0 Å². The number of nitro groups is 1. The molecule has 0 spiro atoms. The third-order valence-electron chi connectivity index (χ3n) is 6.43. The van der Waals surface area contributed by atoms with E-state index >= 15 is 0 Å². The summed E-state index contributed by atoms with van der Waals surface area (Å²) in [6.45, 7) is 2.58. The molecule has 1 aromatic carbocycles. The highest BCUT2D eigenvalue weighted by Crippen LogP contribution is 2.29. The Labute approximate surface area is 201 Å². The summed E-state index contributed by atoms with van der Waals surface area (Å²) in [5, 5.41) is 17.6. The van der Waals surface area contributed by atoms with E-state index < -0.39 is 4.92 Å². The molecule has 0 unspecified atom stereocenters. The second-order valence-electron chi connectivity index (χ2n) is 8.71. The van der Waals surface area contributed by atoms with Crippen LogP contribution in [0.2, 0.25) is 0 Å². The average Bonchev–Trinajstić information content (AvgIpc) is 2.90. The van der Waals surface area contributed by atoms with Gasteiger partial charge in [0.25, 0.3) is 5.69 Å². The van der Waals surface area contributed by atoms with Crippen LogP contribution in [0.1, 0.15) is 25.7 Å². The first-order valence-corrected chi connectivity index (χ1v) is 11.7. The summed E-state index contributed by atoms with van der Waals surface area (Å²) >= 11 is 0. The van der Waals surface area contributed by atoms with Crippen molar-refractivity contribution in [1.29, 1.82) is 0 Å². The van der Waals surface area contributed by atoms with Gasteiger partial charge in [-0.3, -0.25) is 14.9 Å². The number of non-ortho nitro benzene ring substituents is 1. The minimum atomic E-state index is -0.448. The highest BCUT2D eigenvalue weighted by atomic mass is 16.6. The Bertz CT molecular complexity index is 1230. The van der Waals surface area contributed by atoms with E-state index in [9.17, 15) is 14.9 Å². The van der Waals surface area contributed by atoms with Gasteiger partial charge < -0.3 is 20.3 Å². The van der Waals surface area contributed by atoms with Gasteiger partial charge in [-0.05, 0) is 31.7 Å². The van der Waals surface area contributed by atoms with Gasteiger partial charge in [0.15, 0.2) is 5.82 Å². The highest BCUT2D eigenvalue weighted by Gasteiger charge is 2.30. The predicted octanol–water partition coefficient (Wildman–Crippen LogP) is 2.90. The summed E-state index contributed by atoms with van der Waals surface area (Å²) in [4.78, 5) is 42.9. The van der Waals surface area contributed by atoms with Crippen molar-refractivity contribution in [2.75, 3.05) is 36.9 Å². The van der Waals surface area contributed by atoms with E-state index in [1.54, 1.807) is 18.3 Å². The van der Waals surface area contributed by atoms with Crippen molar-refractivity contribution in [3.8, 4) is 0 Å². The molecule has 1 aliphatic carbocycles. The van der Waals surface area contributed by atoms with Gasteiger partial charge in [0.05, 0.1) is 24.3 Å². The van der Waals surface area contributed by atoms with E-state index in [1.165, 1.54) is 18.5 Å². The number of benzene rings is 1. The molecular formula is C23H26N8O4. The number of fused-ring (bicyclic) bond motifs is 1. The zero-order chi connectivity index (χ0) is 24.2. The smallest absolute Gasteiger partial charge is 0.271 e. The Balaban J connectivity index is 1.26. The van der Waals surface area contributed by atoms with E-state index in [2.05, 4.69) is 30.6 Å². The van der Waals surface area contributed by atoms with Gasteiger partial charge in [0.1, 0.15) is 17.4 Å². The summed E-state index contributed by atoms with van der Waals surface area (Å²) in [6, 6.07) is 6.35. The molecule has 12 heteroatoms. The van der Waals surface area contributed by atoms with E-state index in [4.69, 9.17) is 4.74 Å². The molecule has 3 aromatic rings. The average molecular weight is 479 g/mol. The first-order valence-electron chi connectivity index (χ1n) is 11.7. The number of rotatable bonds is 6. The summed E-state index contributed by atoms with van der Waals surface area (Å²) in [7, 11) is 0. The number of anilines is 3. The van der Waals surface area contributed by atoms with Gasteiger partial charge in [-0.15, -0.1) is 0 Å². The van der Waals surface area contributed by atoms with E-state index in [1.807, 2.05) is 4.90 Å². The summed E-state index contributed by atoms with van der Waals surface area (Å²) in [6.07, 6.45) is 6.37. The minimum Gasteiger partial charge on any atom is -0.378 e. The van der Waals surface area contributed by atoms with Crippen LogP contribution < -0.4 is 10.6 Å². The van der Waals surface area contributed by atoms with Crippen molar-refractivity contribution in [2.24, 2.45) is 5.92 Å². The van der Waals surface area contributed by atoms with Crippen LogP contribution in [0.4, 0.5) is 23.1 Å². The number of morpholine rings is 1. The van der Waals surface area contributed by atoms with Gasteiger partial charge >= 0.3 is 0 Å². The Morgan fingerprint density at radius 2 is 1.91 bits per heavy atom. The lowest BCUT2D eigenvalue weighted by atomic mass is 9.85. The van der Waals surface area contributed by atoms with Gasteiger partial charge in [-0.1, -0.05) is 6.07 Å². The largest absolute Gasteiger partial charge is 0.378 e. The van der Waals surface area contributed by atoms with Crippen LogP contribution in [0.5, 0.6) is 0 Å². The number of ether oxygens (including phenoxy) is 1. The second-order valence-corrected chi connectivity index (χ2v) is 8.71. The Morgan fingerprint density at radius 3 is 2.69 bits per heavy atom. The summed E-state index contributed by atoms with van der Waals surface area (Å²) in [5.41, 5.74) is 1.56. The predicted molar refractivity (Wildman–Crippen MR) is 128 cm³/mol. The Hall–Kier alpha value is -3.93. The molecule has 1 saturated carbocycles. The standard InChI is InChI=1S/C23H26N8O4/c32-22(30-8-10-35-11-9-30)15-4-6-16(7-5-15)28-23-24-13-19-20(29-23)21(26-14-25-19)27-17-2-1-3-18(12-17)31(33)34/h1-3,12-16H,4-11H2,(H,24,28,29)(H,25,26,27). The number of carbonyl (C=O) groups excluding carboxylic acids is 1. The fourth-order valence-electron chi connectivity index (χ4n) is 4.56. The van der Waals surface area contributed by atoms with Crippen molar-refractivity contribution < 1.29 is 14.5 Å². The fourth-order valence-corrected chi connectivity index (χ4v) is 4.56. The van der Waals surface area contributed by atoms with Gasteiger partial charge in [-0.25, -0.2) is 19.9 Å². The number of carbonyl (C=O) groups is 1. The lowest BCUT2D eigenvalue weighted by molar-refractivity contribution is -0.384. The molecule has 0 atom stereocenters. The fraction of sp³-hybridized carbons (Fsp3) is 0.435. The molecule has 0 bridgehead atoms. The van der Waals surface area contributed by atoms with E-state index in [0.717, 1.165) is 25.7 Å². The maximum absolute atomic E-state index is 12.8. The Kier molecular flexibility index (Phi) is 6.62. The third kappa shape index (κ3) is 5.27. The molecule has 3 heterocycles. The number of nitro benzene ring substituents is 1. The van der Waals surface area contributed by atoms with Crippen LogP contribution in [0.25, 0.3) is 11.0 Å². The number of hydrogen-bond donors (Lipinski definition) is 2. The number of nitrogens with one attached hydrogen (secondary N) is 2. The number of aromatic nitrogens is 4. The van der Waals surface area contributed by atoms with Gasteiger partial charge in [0, 0.05) is 42.9 Å². The van der Waals surface area contributed by atoms with Crippen molar-refractivity contribution in [3.05, 3.63) is 46.9 Å². The molecular weight excluding hydrogens is 452 g/mol. The monoisotopic (exact) mass is 478 g/mol. The summed E-state index contributed by atoms with van der Waals surface area (Å²) < 4.78 is 5.35. The van der Waals surface area contributed by atoms with Crippen LogP contribution in [-0.2, 0) is 9.53 Å². The zero-order valence-corrected chi connectivity index (χ0v) is 19.1. The first kappa shape index (κ1) is 22.8. The molecule has 1 saturated heterocycles. The first-order chi connectivity index (χ1) is 17.1. The molecule has 2 N–H and O–H groups in total. The lowest BCUT2D eigenvalue weighted by Gasteiger charge is -2.34. The van der Waals surface area contributed by atoms with Gasteiger partial charge in [-0.2, -0.15) is 0 Å². The molecule has 35 heavy (non-hydrogen) atoms. The quantitative estimate of drug-likeness (QED) is 0.400. The maximum Gasteiger partial charge on any atom is 0.271 e. The lowest BCUT2D eigenvalue weighted by Crippen LogP contribution is -2.45. The molecule has 5 rings (SSSR count).